The number of carbonyl (C=O) groups excluding carboxylic acids is 1. The maximum Gasteiger partial charge on any atom is 0.276 e. The van der Waals surface area contributed by atoms with Gasteiger partial charge in [0, 0.05) is 19.7 Å². The number of benzene rings is 1. The van der Waals surface area contributed by atoms with Crippen LogP contribution in [-0.2, 0) is 11.2 Å². The van der Waals surface area contributed by atoms with E-state index in [0.29, 0.717) is 24.5 Å². The molecule has 0 bridgehead atoms. The summed E-state index contributed by atoms with van der Waals surface area (Å²) in [5.41, 5.74) is 1.54. The van der Waals surface area contributed by atoms with Gasteiger partial charge in [-0.3, -0.25) is 4.79 Å². The summed E-state index contributed by atoms with van der Waals surface area (Å²) in [6.45, 7) is 3.72. The molecule has 6 heteroatoms. The average molecular weight is 344 g/mol. The average Bonchev–Trinajstić information content (AvgIpc) is 3.30. The van der Waals surface area contributed by atoms with Gasteiger partial charge >= 0.3 is 0 Å². The van der Waals surface area contributed by atoms with Crippen LogP contribution in [-0.4, -0.2) is 48.7 Å². The molecule has 6 nitrogen and oxygen atoms in total. The predicted molar refractivity (Wildman–Crippen MR) is 92.8 cm³/mol. The van der Waals surface area contributed by atoms with Crippen molar-refractivity contribution >= 4 is 5.91 Å². The van der Waals surface area contributed by atoms with Crippen LogP contribution in [0.2, 0.25) is 0 Å². The van der Waals surface area contributed by atoms with E-state index in [1.165, 1.54) is 6.39 Å². The summed E-state index contributed by atoms with van der Waals surface area (Å²) in [4.78, 5) is 18.8. The number of methoxy groups -OCH3 is 1. The highest BCUT2D eigenvalue weighted by atomic mass is 16.5. The molecule has 25 heavy (non-hydrogen) atoms. The Morgan fingerprint density at radius 1 is 1.36 bits per heavy atom. The third-order valence-corrected chi connectivity index (χ3v) is 4.51. The summed E-state index contributed by atoms with van der Waals surface area (Å²) in [5.74, 6) is 1.27. The van der Waals surface area contributed by atoms with Crippen LogP contribution < -0.4 is 4.74 Å². The van der Waals surface area contributed by atoms with E-state index in [-0.39, 0.29) is 12.0 Å². The monoisotopic (exact) mass is 344 g/mol. The molecule has 2 aromatic rings. The maximum absolute atomic E-state index is 12.9. The molecule has 1 aromatic carbocycles. The molecule has 0 saturated carbocycles. The SMILES string of the molecule is COc1ccc(CCN(C[C@H]2CCCO2)C(=O)c2ncoc2C)cc1. The van der Waals surface area contributed by atoms with Gasteiger partial charge in [-0.2, -0.15) is 0 Å². The van der Waals surface area contributed by atoms with Crippen molar-refractivity contribution in [3.63, 3.8) is 0 Å². The fourth-order valence-corrected chi connectivity index (χ4v) is 3.03. The summed E-state index contributed by atoms with van der Waals surface area (Å²) in [5, 5.41) is 0. The number of carbonyl (C=O) groups is 1. The molecule has 0 aliphatic carbocycles. The summed E-state index contributed by atoms with van der Waals surface area (Å²) in [6.07, 6.45) is 4.22. The van der Waals surface area contributed by atoms with Crippen molar-refractivity contribution in [2.24, 2.45) is 0 Å². The van der Waals surface area contributed by atoms with Gasteiger partial charge in [0.15, 0.2) is 12.1 Å². The first kappa shape index (κ1) is 17.5. The van der Waals surface area contributed by atoms with Crippen molar-refractivity contribution in [1.29, 1.82) is 0 Å². The standard InChI is InChI=1S/C19H24N2O4/c1-14-18(20-13-25-14)19(22)21(12-17-4-3-11-24-17)10-9-15-5-7-16(23-2)8-6-15/h5-8,13,17H,3-4,9-12H2,1-2H3/t17-/m1/s1. The van der Waals surface area contributed by atoms with E-state index < -0.39 is 0 Å². The van der Waals surface area contributed by atoms with Crippen molar-refractivity contribution in [2.45, 2.75) is 32.3 Å². The molecule has 0 radical (unpaired) electrons. The first-order valence-corrected chi connectivity index (χ1v) is 8.61. The molecule has 1 saturated heterocycles. The third kappa shape index (κ3) is 4.39. The summed E-state index contributed by atoms with van der Waals surface area (Å²) < 4.78 is 16.1. The second kappa shape index (κ2) is 8.16. The number of amides is 1. The van der Waals surface area contributed by atoms with E-state index in [2.05, 4.69) is 4.98 Å². The molecule has 1 aromatic heterocycles. The summed E-state index contributed by atoms with van der Waals surface area (Å²) in [6, 6.07) is 7.91. The van der Waals surface area contributed by atoms with Crippen LogP contribution in [0.3, 0.4) is 0 Å². The molecule has 1 aliphatic heterocycles. The number of ether oxygens (including phenoxy) is 2. The van der Waals surface area contributed by atoms with Gasteiger partial charge in [-0.05, 0) is 43.9 Å². The minimum Gasteiger partial charge on any atom is -0.497 e. The Bertz CT molecular complexity index is 690. The number of aromatic nitrogens is 1. The van der Waals surface area contributed by atoms with Crippen LogP contribution in [0.15, 0.2) is 35.1 Å². The van der Waals surface area contributed by atoms with Crippen molar-refractivity contribution in [1.82, 2.24) is 9.88 Å². The van der Waals surface area contributed by atoms with Gasteiger partial charge in [0.2, 0.25) is 0 Å². The fourth-order valence-electron chi connectivity index (χ4n) is 3.03. The highest BCUT2D eigenvalue weighted by Crippen LogP contribution is 2.17. The van der Waals surface area contributed by atoms with Crippen LogP contribution in [0.5, 0.6) is 5.75 Å². The van der Waals surface area contributed by atoms with E-state index >= 15 is 0 Å². The lowest BCUT2D eigenvalue weighted by Crippen LogP contribution is -2.39. The Balaban J connectivity index is 1.68. The van der Waals surface area contributed by atoms with Crippen molar-refractivity contribution in [3.8, 4) is 5.75 Å². The lowest BCUT2D eigenvalue weighted by Gasteiger charge is -2.25. The Kier molecular flexibility index (Phi) is 5.71. The van der Waals surface area contributed by atoms with Gasteiger partial charge in [0.05, 0.1) is 13.2 Å². The van der Waals surface area contributed by atoms with Gasteiger partial charge in [-0.25, -0.2) is 4.98 Å². The number of hydrogen-bond donors (Lipinski definition) is 0. The lowest BCUT2D eigenvalue weighted by atomic mass is 10.1. The van der Waals surface area contributed by atoms with Crippen LogP contribution in [0.1, 0.15) is 34.7 Å². The zero-order chi connectivity index (χ0) is 17.6. The van der Waals surface area contributed by atoms with Crippen LogP contribution in [0, 0.1) is 6.92 Å². The number of rotatable bonds is 7. The zero-order valence-electron chi connectivity index (χ0n) is 14.7. The molecule has 1 aliphatic rings. The minimum absolute atomic E-state index is 0.102. The Morgan fingerprint density at radius 3 is 2.76 bits per heavy atom. The zero-order valence-corrected chi connectivity index (χ0v) is 14.7. The topological polar surface area (TPSA) is 64.8 Å². The lowest BCUT2D eigenvalue weighted by molar-refractivity contribution is 0.0523. The molecule has 134 valence electrons. The number of oxazole rings is 1. The predicted octanol–water partition coefficient (Wildman–Crippen LogP) is 2.86. The molecule has 0 unspecified atom stereocenters. The molecule has 3 rings (SSSR count). The molecule has 0 spiro atoms. The van der Waals surface area contributed by atoms with Gasteiger partial charge in [0.1, 0.15) is 11.5 Å². The van der Waals surface area contributed by atoms with Crippen molar-refractivity contribution in [3.05, 3.63) is 47.7 Å². The Labute approximate surface area is 147 Å². The number of aryl methyl sites for hydroxylation is 1. The van der Waals surface area contributed by atoms with E-state index in [1.807, 2.05) is 29.2 Å². The smallest absolute Gasteiger partial charge is 0.276 e. The number of nitrogens with zero attached hydrogens (tertiary/aromatic N) is 2. The summed E-state index contributed by atoms with van der Waals surface area (Å²) >= 11 is 0. The molecule has 1 amide bonds. The highest BCUT2D eigenvalue weighted by Gasteiger charge is 2.26. The highest BCUT2D eigenvalue weighted by molar-refractivity contribution is 5.93. The van der Waals surface area contributed by atoms with E-state index in [1.54, 1.807) is 14.0 Å². The maximum atomic E-state index is 12.9. The van der Waals surface area contributed by atoms with E-state index in [4.69, 9.17) is 13.9 Å². The van der Waals surface area contributed by atoms with Crippen molar-refractivity contribution < 1.29 is 18.7 Å². The fraction of sp³-hybridized carbons (Fsp3) is 0.474. The number of hydrogen-bond acceptors (Lipinski definition) is 5. The van der Waals surface area contributed by atoms with Crippen molar-refractivity contribution in [2.75, 3.05) is 26.8 Å². The van der Waals surface area contributed by atoms with Gasteiger partial charge in [-0.1, -0.05) is 12.1 Å². The first-order valence-electron chi connectivity index (χ1n) is 8.61. The molecular formula is C19H24N2O4. The summed E-state index contributed by atoms with van der Waals surface area (Å²) in [7, 11) is 1.65. The molecule has 1 fully saturated rings. The first-order chi connectivity index (χ1) is 12.2. The minimum atomic E-state index is -0.102. The van der Waals surface area contributed by atoms with Crippen LogP contribution >= 0.6 is 0 Å². The second-order valence-corrected chi connectivity index (χ2v) is 6.24. The van der Waals surface area contributed by atoms with Crippen LogP contribution in [0.4, 0.5) is 0 Å². The molecule has 2 heterocycles. The normalized spacial score (nSPS) is 16.8. The molecule has 0 N–H and O–H groups in total. The second-order valence-electron chi connectivity index (χ2n) is 6.24. The molecular weight excluding hydrogens is 320 g/mol. The largest absolute Gasteiger partial charge is 0.497 e. The van der Waals surface area contributed by atoms with Gasteiger partial charge in [-0.15, -0.1) is 0 Å². The Morgan fingerprint density at radius 2 is 2.16 bits per heavy atom. The Hall–Kier alpha value is -2.34. The van der Waals surface area contributed by atoms with E-state index in [9.17, 15) is 4.79 Å². The van der Waals surface area contributed by atoms with Crippen LogP contribution in [0.25, 0.3) is 0 Å². The van der Waals surface area contributed by atoms with Gasteiger partial charge in [0.25, 0.3) is 5.91 Å². The quantitative estimate of drug-likeness (QED) is 0.773. The third-order valence-electron chi connectivity index (χ3n) is 4.51. The van der Waals surface area contributed by atoms with Gasteiger partial charge < -0.3 is 18.8 Å². The van der Waals surface area contributed by atoms with E-state index in [0.717, 1.165) is 37.2 Å². The molecule has 1 atom stereocenters.